The van der Waals surface area contributed by atoms with Crippen molar-refractivity contribution in [1.82, 2.24) is 10.3 Å². The van der Waals surface area contributed by atoms with Crippen molar-refractivity contribution in [2.45, 2.75) is 20.3 Å². The number of benzene rings is 1. The monoisotopic (exact) mass is 274 g/mol. The molecule has 0 spiro atoms. The Kier molecular flexibility index (Phi) is 4.45. The maximum atomic E-state index is 12.3. The molecule has 108 valence electrons. The Morgan fingerprint density at radius 2 is 2.15 bits per heavy atom. The Morgan fingerprint density at radius 1 is 1.35 bits per heavy atom. The van der Waals surface area contributed by atoms with Gasteiger partial charge in [0.15, 0.2) is 0 Å². The van der Waals surface area contributed by atoms with E-state index in [1.165, 1.54) is 0 Å². The van der Waals surface area contributed by atoms with E-state index in [9.17, 15) is 4.79 Å². The molecule has 1 amide bonds. The van der Waals surface area contributed by atoms with Crippen LogP contribution in [0.25, 0.3) is 10.9 Å². The zero-order chi connectivity index (χ0) is 14.6. The van der Waals surface area contributed by atoms with E-state index < -0.39 is 0 Å². The Morgan fingerprint density at radius 3 is 2.90 bits per heavy atom. The number of methoxy groups -OCH3 is 1. The second-order valence-corrected chi connectivity index (χ2v) is 5.83. The highest BCUT2D eigenvalue weighted by Gasteiger charge is 2.19. The van der Waals surface area contributed by atoms with Crippen molar-refractivity contribution in [3.8, 4) is 0 Å². The van der Waals surface area contributed by atoms with Crippen molar-refractivity contribution < 1.29 is 9.53 Å². The van der Waals surface area contributed by atoms with Gasteiger partial charge < -0.3 is 15.0 Å². The molecular weight excluding hydrogens is 252 g/mol. The van der Waals surface area contributed by atoms with Gasteiger partial charge in [-0.2, -0.15) is 0 Å². The van der Waals surface area contributed by atoms with Gasteiger partial charge in [0, 0.05) is 42.9 Å². The number of aromatic amines is 1. The van der Waals surface area contributed by atoms with E-state index in [-0.39, 0.29) is 11.3 Å². The molecule has 0 aliphatic heterocycles. The van der Waals surface area contributed by atoms with Gasteiger partial charge in [-0.25, -0.2) is 0 Å². The molecule has 0 unspecified atom stereocenters. The van der Waals surface area contributed by atoms with Crippen LogP contribution in [0.4, 0.5) is 0 Å². The molecule has 0 aliphatic rings. The number of fused-ring (bicyclic) bond motifs is 1. The Balaban J connectivity index is 2.03. The first kappa shape index (κ1) is 14.6. The summed E-state index contributed by atoms with van der Waals surface area (Å²) in [5, 5.41) is 3.98. The smallest absolute Gasteiger partial charge is 0.251 e. The third-order valence-corrected chi connectivity index (χ3v) is 3.55. The van der Waals surface area contributed by atoms with Crippen LogP contribution in [0.15, 0.2) is 30.5 Å². The standard InChI is InChI=1S/C16H22N2O2/c1-16(2,8-10-20-3)11-18-15(19)13-5-4-6-14-12(13)7-9-17-14/h4-7,9,17H,8,10-11H2,1-3H3,(H,18,19). The molecule has 0 atom stereocenters. The summed E-state index contributed by atoms with van der Waals surface area (Å²) >= 11 is 0. The van der Waals surface area contributed by atoms with Gasteiger partial charge >= 0.3 is 0 Å². The quantitative estimate of drug-likeness (QED) is 0.851. The zero-order valence-electron chi connectivity index (χ0n) is 12.3. The molecular formula is C16H22N2O2. The van der Waals surface area contributed by atoms with Crippen molar-refractivity contribution >= 4 is 16.8 Å². The minimum Gasteiger partial charge on any atom is -0.385 e. The van der Waals surface area contributed by atoms with Gasteiger partial charge in [0.1, 0.15) is 0 Å². The first-order chi connectivity index (χ1) is 9.53. The lowest BCUT2D eigenvalue weighted by atomic mass is 9.89. The molecule has 1 aromatic heterocycles. The summed E-state index contributed by atoms with van der Waals surface area (Å²) < 4.78 is 5.10. The minimum absolute atomic E-state index is 0.0255. The molecule has 0 saturated carbocycles. The first-order valence-electron chi connectivity index (χ1n) is 6.87. The number of hydrogen-bond donors (Lipinski definition) is 2. The lowest BCUT2D eigenvalue weighted by Gasteiger charge is -2.24. The van der Waals surface area contributed by atoms with E-state index >= 15 is 0 Å². The lowest BCUT2D eigenvalue weighted by molar-refractivity contribution is 0.0922. The number of amides is 1. The topological polar surface area (TPSA) is 54.1 Å². The van der Waals surface area contributed by atoms with Gasteiger partial charge in [0.25, 0.3) is 5.91 Å². The molecule has 20 heavy (non-hydrogen) atoms. The molecule has 2 N–H and O–H groups in total. The van der Waals surface area contributed by atoms with E-state index in [2.05, 4.69) is 24.1 Å². The number of carbonyl (C=O) groups is 1. The molecule has 0 radical (unpaired) electrons. The summed E-state index contributed by atoms with van der Waals surface area (Å²) in [7, 11) is 1.70. The fourth-order valence-electron chi connectivity index (χ4n) is 2.16. The van der Waals surface area contributed by atoms with Crippen LogP contribution in [0, 0.1) is 5.41 Å². The van der Waals surface area contributed by atoms with Gasteiger partial charge in [-0.15, -0.1) is 0 Å². The number of nitrogens with one attached hydrogen (secondary N) is 2. The van der Waals surface area contributed by atoms with Crippen molar-refractivity contribution in [3.63, 3.8) is 0 Å². The predicted octanol–water partition coefficient (Wildman–Crippen LogP) is 2.96. The van der Waals surface area contributed by atoms with Crippen molar-refractivity contribution in [1.29, 1.82) is 0 Å². The van der Waals surface area contributed by atoms with Crippen LogP contribution in [0.1, 0.15) is 30.6 Å². The lowest BCUT2D eigenvalue weighted by Crippen LogP contribution is -2.34. The summed E-state index contributed by atoms with van der Waals surface area (Å²) in [6.07, 6.45) is 2.77. The van der Waals surface area contributed by atoms with Crippen LogP contribution in [-0.4, -0.2) is 31.2 Å². The number of H-pyrrole nitrogens is 1. The van der Waals surface area contributed by atoms with Crippen molar-refractivity contribution in [2.24, 2.45) is 5.41 Å². The van der Waals surface area contributed by atoms with Gasteiger partial charge in [0.05, 0.1) is 0 Å². The van der Waals surface area contributed by atoms with Crippen LogP contribution in [0.3, 0.4) is 0 Å². The first-order valence-corrected chi connectivity index (χ1v) is 6.87. The number of hydrogen-bond acceptors (Lipinski definition) is 2. The number of aromatic nitrogens is 1. The van der Waals surface area contributed by atoms with Gasteiger partial charge in [-0.3, -0.25) is 4.79 Å². The van der Waals surface area contributed by atoms with Gasteiger partial charge in [-0.05, 0) is 30.0 Å². The highest BCUT2D eigenvalue weighted by atomic mass is 16.5. The second kappa shape index (κ2) is 6.09. The Bertz CT molecular complexity index is 587. The average Bonchev–Trinajstić information content (AvgIpc) is 2.91. The van der Waals surface area contributed by atoms with E-state index in [4.69, 9.17) is 4.74 Å². The van der Waals surface area contributed by atoms with Gasteiger partial charge in [0.2, 0.25) is 0 Å². The molecule has 0 saturated heterocycles. The highest BCUT2D eigenvalue weighted by Crippen LogP contribution is 2.20. The predicted molar refractivity (Wildman–Crippen MR) is 80.9 cm³/mol. The van der Waals surface area contributed by atoms with Crippen LogP contribution in [0.5, 0.6) is 0 Å². The maximum Gasteiger partial charge on any atom is 0.251 e. The SMILES string of the molecule is COCCC(C)(C)CNC(=O)c1cccc2[nH]ccc12. The summed E-state index contributed by atoms with van der Waals surface area (Å²) in [5.41, 5.74) is 1.72. The molecule has 1 aromatic carbocycles. The van der Waals surface area contributed by atoms with Crippen LogP contribution < -0.4 is 5.32 Å². The van der Waals surface area contributed by atoms with Crippen molar-refractivity contribution in [3.05, 3.63) is 36.0 Å². The zero-order valence-corrected chi connectivity index (χ0v) is 12.3. The van der Waals surface area contributed by atoms with Crippen molar-refractivity contribution in [2.75, 3.05) is 20.3 Å². The molecule has 4 heteroatoms. The Hall–Kier alpha value is -1.81. The normalized spacial score (nSPS) is 11.8. The van der Waals surface area contributed by atoms with E-state index in [0.717, 1.165) is 17.3 Å². The highest BCUT2D eigenvalue weighted by molar-refractivity contribution is 6.06. The molecule has 4 nitrogen and oxygen atoms in total. The number of rotatable bonds is 6. The fourth-order valence-corrected chi connectivity index (χ4v) is 2.16. The Labute approximate surface area is 119 Å². The number of carbonyl (C=O) groups excluding carboxylic acids is 1. The second-order valence-electron chi connectivity index (χ2n) is 5.83. The molecule has 0 bridgehead atoms. The van der Waals surface area contributed by atoms with E-state index in [0.29, 0.717) is 18.7 Å². The summed E-state index contributed by atoms with van der Waals surface area (Å²) in [5.74, 6) is -0.0271. The summed E-state index contributed by atoms with van der Waals surface area (Å²) in [6, 6.07) is 7.65. The summed E-state index contributed by atoms with van der Waals surface area (Å²) in [4.78, 5) is 15.4. The summed E-state index contributed by atoms with van der Waals surface area (Å²) in [6.45, 7) is 5.60. The molecule has 2 aromatic rings. The van der Waals surface area contributed by atoms with E-state index in [1.807, 2.05) is 30.5 Å². The molecule has 2 rings (SSSR count). The molecule has 1 heterocycles. The van der Waals surface area contributed by atoms with E-state index in [1.54, 1.807) is 7.11 Å². The maximum absolute atomic E-state index is 12.3. The van der Waals surface area contributed by atoms with Gasteiger partial charge in [-0.1, -0.05) is 19.9 Å². The third kappa shape index (κ3) is 3.39. The average molecular weight is 274 g/mol. The van der Waals surface area contributed by atoms with Crippen LogP contribution in [-0.2, 0) is 4.74 Å². The third-order valence-electron chi connectivity index (χ3n) is 3.55. The minimum atomic E-state index is -0.0271. The van der Waals surface area contributed by atoms with Crippen LogP contribution >= 0.6 is 0 Å². The molecule has 0 fully saturated rings. The largest absolute Gasteiger partial charge is 0.385 e. The van der Waals surface area contributed by atoms with Crippen LogP contribution in [0.2, 0.25) is 0 Å². The number of ether oxygens (including phenoxy) is 1. The molecule has 0 aliphatic carbocycles. The fraction of sp³-hybridized carbons (Fsp3) is 0.438.